The Labute approximate surface area is 198 Å². The third-order valence-electron chi connectivity index (χ3n) is 6.62. The molecule has 178 valence electrons. The quantitative estimate of drug-likeness (QED) is 0.518. The van der Waals surface area contributed by atoms with Crippen LogP contribution in [0.25, 0.3) is 0 Å². The molecule has 5 nitrogen and oxygen atoms in total. The zero-order chi connectivity index (χ0) is 23.5. The third kappa shape index (κ3) is 5.09. The van der Waals surface area contributed by atoms with Crippen LogP contribution in [0.15, 0.2) is 66.7 Å². The minimum Gasteiger partial charge on any atom is -0.493 e. The molecule has 3 aromatic rings. The van der Waals surface area contributed by atoms with Gasteiger partial charge in [0.25, 0.3) is 0 Å². The summed E-state index contributed by atoms with van der Waals surface area (Å²) in [4.78, 5) is 4.76. The zero-order valence-corrected chi connectivity index (χ0v) is 19.0. The van der Waals surface area contributed by atoms with Gasteiger partial charge in [-0.15, -0.1) is 0 Å². The van der Waals surface area contributed by atoms with Crippen molar-refractivity contribution in [2.45, 2.75) is 12.5 Å². The van der Waals surface area contributed by atoms with Crippen LogP contribution in [0.5, 0.6) is 5.75 Å². The number of nitrogens with zero attached hydrogens (tertiary/aromatic N) is 2. The van der Waals surface area contributed by atoms with Crippen molar-refractivity contribution >= 4 is 17.1 Å². The van der Waals surface area contributed by atoms with Gasteiger partial charge in [-0.25, -0.2) is 8.78 Å². The van der Waals surface area contributed by atoms with Gasteiger partial charge in [-0.2, -0.15) is 0 Å². The maximum atomic E-state index is 14.0. The molecule has 0 radical (unpaired) electrons. The van der Waals surface area contributed by atoms with E-state index < -0.39 is 11.6 Å². The van der Waals surface area contributed by atoms with Crippen LogP contribution in [-0.2, 0) is 4.74 Å². The van der Waals surface area contributed by atoms with E-state index in [0.717, 1.165) is 43.7 Å². The second kappa shape index (κ2) is 9.89. The molecule has 0 bridgehead atoms. The Morgan fingerprint density at radius 1 is 0.853 bits per heavy atom. The van der Waals surface area contributed by atoms with Crippen LogP contribution in [0.4, 0.5) is 25.8 Å². The van der Waals surface area contributed by atoms with Crippen molar-refractivity contribution in [2.75, 3.05) is 54.9 Å². The Hall–Kier alpha value is -3.32. The van der Waals surface area contributed by atoms with Crippen molar-refractivity contribution < 1.29 is 18.3 Å². The van der Waals surface area contributed by atoms with Crippen LogP contribution in [-0.4, -0.2) is 39.4 Å². The lowest BCUT2D eigenvalue weighted by molar-refractivity contribution is 0.100. The van der Waals surface area contributed by atoms with E-state index in [1.807, 2.05) is 24.3 Å². The van der Waals surface area contributed by atoms with E-state index in [2.05, 4.69) is 34.1 Å². The van der Waals surface area contributed by atoms with Crippen LogP contribution < -0.4 is 20.3 Å². The van der Waals surface area contributed by atoms with E-state index in [9.17, 15) is 8.78 Å². The molecule has 2 aliphatic heterocycles. The molecule has 34 heavy (non-hydrogen) atoms. The van der Waals surface area contributed by atoms with Crippen molar-refractivity contribution in [2.24, 2.45) is 5.92 Å². The van der Waals surface area contributed by atoms with Crippen LogP contribution >= 0.6 is 0 Å². The molecule has 2 saturated heterocycles. The first-order valence-corrected chi connectivity index (χ1v) is 11.7. The minimum atomic E-state index is -0.578. The fourth-order valence-electron chi connectivity index (χ4n) is 4.66. The summed E-state index contributed by atoms with van der Waals surface area (Å²) in [5.74, 6) is -0.168. The molecule has 2 heterocycles. The van der Waals surface area contributed by atoms with Gasteiger partial charge < -0.3 is 25.0 Å². The standard InChI is InChI=1S/C27H29F2N3O2/c28-20-1-10-25(26(29)16-20)27-15-19(18-34-27)17-33-24-8-6-23(7-9-24)32-13-11-31(12-14-32)22-4-2-21(30)3-5-22/h1-10,16,19,27H,11-15,17-18,30H2/t19-,27?/m1/s1. The molecule has 2 atom stereocenters. The molecular formula is C27H29F2N3O2. The maximum Gasteiger partial charge on any atom is 0.131 e. The minimum absolute atomic E-state index is 0.163. The highest BCUT2D eigenvalue weighted by Gasteiger charge is 2.29. The number of piperazine rings is 1. The van der Waals surface area contributed by atoms with Gasteiger partial charge in [-0.05, 0) is 61.0 Å². The summed E-state index contributed by atoms with van der Waals surface area (Å²) in [6.07, 6.45) is 0.294. The van der Waals surface area contributed by atoms with Crippen molar-refractivity contribution in [1.29, 1.82) is 0 Å². The Morgan fingerprint density at radius 3 is 2.09 bits per heavy atom. The highest BCUT2D eigenvalue weighted by Crippen LogP contribution is 2.34. The Bertz CT molecular complexity index is 1100. The van der Waals surface area contributed by atoms with Crippen LogP contribution in [0.3, 0.4) is 0 Å². The topological polar surface area (TPSA) is 51.0 Å². The molecule has 0 saturated carbocycles. The van der Waals surface area contributed by atoms with Crippen LogP contribution in [0.1, 0.15) is 18.1 Å². The summed E-state index contributed by atoms with van der Waals surface area (Å²) >= 11 is 0. The van der Waals surface area contributed by atoms with Crippen molar-refractivity contribution in [3.8, 4) is 5.75 Å². The van der Waals surface area contributed by atoms with E-state index in [1.54, 1.807) is 0 Å². The number of nitrogens with two attached hydrogens (primary N) is 1. The van der Waals surface area contributed by atoms with Gasteiger partial charge >= 0.3 is 0 Å². The summed E-state index contributed by atoms with van der Waals surface area (Å²) in [7, 11) is 0. The lowest BCUT2D eigenvalue weighted by Gasteiger charge is -2.37. The smallest absolute Gasteiger partial charge is 0.131 e. The molecule has 0 spiro atoms. The molecule has 2 fully saturated rings. The summed E-state index contributed by atoms with van der Waals surface area (Å²) in [6.45, 7) is 4.81. The first kappa shape index (κ1) is 22.5. The molecule has 3 aromatic carbocycles. The van der Waals surface area contributed by atoms with Gasteiger partial charge in [0, 0.05) is 60.8 Å². The zero-order valence-electron chi connectivity index (χ0n) is 19.0. The highest BCUT2D eigenvalue weighted by molar-refractivity contribution is 5.55. The number of ether oxygens (including phenoxy) is 2. The summed E-state index contributed by atoms with van der Waals surface area (Å²) < 4.78 is 38.9. The third-order valence-corrected chi connectivity index (χ3v) is 6.62. The average Bonchev–Trinajstić information content (AvgIpc) is 3.32. The number of benzene rings is 3. The van der Waals surface area contributed by atoms with E-state index >= 15 is 0 Å². The molecule has 0 aliphatic carbocycles. The lowest BCUT2D eigenvalue weighted by atomic mass is 10.0. The monoisotopic (exact) mass is 465 g/mol. The SMILES string of the molecule is Nc1ccc(N2CCN(c3ccc(OC[C@@H]4COC(c5ccc(F)cc5F)C4)cc3)CC2)cc1. The molecule has 2 aliphatic rings. The summed E-state index contributed by atoms with van der Waals surface area (Å²) in [5, 5.41) is 0. The normalized spacial score (nSPS) is 20.5. The molecule has 1 unspecified atom stereocenters. The van der Waals surface area contributed by atoms with E-state index in [1.165, 1.54) is 23.5 Å². The van der Waals surface area contributed by atoms with Crippen molar-refractivity contribution in [1.82, 2.24) is 0 Å². The van der Waals surface area contributed by atoms with E-state index in [-0.39, 0.29) is 12.0 Å². The van der Waals surface area contributed by atoms with E-state index in [0.29, 0.717) is 25.2 Å². The van der Waals surface area contributed by atoms with Crippen LogP contribution in [0.2, 0.25) is 0 Å². The van der Waals surface area contributed by atoms with Crippen molar-refractivity contribution in [3.63, 3.8) is 0 Å². The fourth-order valence-corrected chi connectivity index (χ4v) is 4.66. The number of rotatable bonds is 6. The number of hydrogen-bond donors (Lipinski definition) is 1. The predicted molar refractivity (Wildman–Crippen MR) is 130 cm³/mol. The second-order valence-corrected chi connectivity index (χ2v) is 8.96. The van der Waals surface area contributed by atoms with Gasteiger partial charge in [-0.1, -0.05) is 6.07 Å². The molecule has 5 rings (SSSR count). The van der Waals surface area contributed by atoms with Gasteiger partial charge in [0.15, 0.2) is 0 Å². The Balaban J connectivity index is 1.10. The van der Waals surface area contributed by atoms with Gasteiger partial charge in [-0.3, -0.25) is 0 Å². The highest BCUT2D eigenvalue weighted by atomic mass is 19.1. The molecule has 0 amide bonds. The fraction of sp³-hybridized carbons (Fsp3) is 0.333. The first-order chi connectivity index (χ1) is 16.5. The van der Waals surface area contributed by atoms with Crippen molar-refractivity contribution in [3.05, 3.63) is 83.9 Å². The number of nitrogen functional groups attached to an aromatic ring is 1. The number of hydrogen-bond acceptors (Lipinski definition) is 5. The Morgan fingerprint density at radius 2 is 1.47 bits per heavy atom. The van der Waals surface area contributed by atoms with E-state index in [4.69, 9.17) is 15.2 Å². The molecular weight excluding hydrogens is 436 g/mol. The summed E-state index contributed by atoms with van der Waals surface area (Å²) in [6, 6.07) is 19.9. The largest absolute Gasteiger partial charge is 0.493 e. The van der Waals surface area contributed by atoms with Crippen LogP contribution in [0, 0.1) is 17.6 Å². The molecule has 7 heteroatoms. The second-order valence-electron chi connectivity index (χ2n) is 8.96. The van der Waals surface area contributed by atoms with Gasteiger partial charge in [0.05, 0.1) is 19.3 Å². The maximum absolute atomic E-state index is 14.0. The lowest BCUT2D eigenvalue weighted by Crippen LogP contribution is -2.46. The van der Waals surface area contributed by atoms with Gasteiger partial charge in [0.1, 0.15) is 17.4 Å². The number of anilines is 3. The van der Waals surface area contributed by atoms with Gasteiger partial charge in [0.2, 0.25) is 0 Å². The Kier molecular flexibility index (Phi) is 6.54. The summed E-state index contributed by atoms with van der Waals surface area (Å²) in [5.41, 5.74) is 9.37. The average molecular weight is 466 g/mol. The number of halogens is 2. The first-order valence-electron chi connectivity index (χ1n) is 11.7. The molecule has 0 aromatic heterocycles. The predicted octanol–water partition coefficient (Wildman–Crippen LogP) is 5.03. The molecule has 2 N–H and O–H groups in total.